The normalized spacial score (nSPS) is 20.0. The number of pyridine rings is 1. The van der Waals surface area contributed by atoms with E-state index in [2.05, 4.69) is 15.2 Å². The predicted octanol–water partition coefficient (Wildman–Crippen LogP) is 5.42. The molecule has 3 aromatic rings. The number of rotatable bonds is 4. The summed E-state index contributed by atoms with van der Waals surface area (Å²) in [7, 11) is 0. The van der Waals surface area contributed by atoms with Crippen LogP contribution in [0.5, 0.6) is 0 Å². The number of halogens is 2. The predicted molar refractivity (Wildman–Crippen MR) is 145 cm³/mol. The smallest absolute Gasteiger partial charge is 0.256 e. The lowest BCUT2D eigenvalue weighted by Crippen LogP contribution is -2.42. The molecule has 6 nitrogen and oxygen atoms in total. The quantitative estimate of drug-likeness (QED) is 0.487. The molecule has 1 spiro atoms. The van der Waals surface area contributed by atoms with Crippen molar-refractivity contribution in [3.05, 3.63) is 94.0 Å². The Labute approximate surface area is 226 Å². The maximum absolute atomic E-state index is 15.2. The summed E-state index contributed by atoms with van der Waals surface area (Å²) in [6, 6.07) is 13.8. The number of likely N-dealkylation sites (tertiary alicyclic amines) is 1. The van der Waals surface area contributed by atoms with Crippen LogP contribution in [-0.2, 0) is 6.42 Å². The number of nitrogens with zero attached hydrogens (tertiary/aromatic N) is 3. The third-order valence-corrected chi connectivity index (χ3v) is 8.87. The summed E-state index contributed by atoms with van der Waals surface area (Å²) in [6.45, 7) is 3.16. The van der Waals surface area contributed by atoms with Crippen LogP contribution in [-0.4, -0.2) is 47.9 Å². The van der Waals surface area contributed by atoms with Crippen LogP contribution in [0.25, 0.3) is 0 Å². The number of fused-ring (bicyclic) bond motifs is 1. The molecule has 2 fully saturated rings. The molecule has 6 rings (SSSR count). The van der Waals surface area contributed by atoms with Crippen LogP contribution in [0.3, 0.4) is 0 Å². The van der Waals surface area contributed by atoms with Crippen LogP contribution < -0.4 is 10.2 Å². The summed E-state index contributed by atoms with van der Waals surface area (Å²) < 4.78 is 15.2. The van der Waals surface area contributed by atoms with Gasteiger partial charge >= 0.3 is 0 Å². The lowest BCUT2D eigenvalue weighted by atomic mass is 9.77. The average molecular weight is 533 g/mol. The molecule has 196 valence electrons. The zero-order valence-corrected chi connectivity index (χ0v) is 21.9. The van der Waals surface area contributed by atoms with Gasteiger partial charge in [0.1, 0.15) is 5.82 Å². The molecule has 8 heteroatoms. The Hall–Kier alpha value is -3.45. The number of aryl methyl sites for hydroxylation is 1. The molecule has 1 atom stereocenters. The zero-order chi connectivity index (χ0) is 26.3. The van der Waals surface area contributed by atoms with Crippen LogP contribution in [0.2, 0.25) is 5.02 Å². The average Bonchev–Trinajstić information content (AvgIpc) is 3.53. The Morgan fingerprint density at radius 3 is 2.50 bits per heavy atom. The van der Waals surface area contributed by atoms with E-state index in [1.165, 1.54) is 11.8 Å². The van der Waals surface area contributed by atoms with E-state index in [9.17, 15) is 9.59 Å². The van der Waals surface area contributed by atoms with Gasteiger partial charge in [-0.25, -0.2) is 4.39 Å². The number of carbonyl (C=O) groups is 2. The van der Waals surface area contributed by atoms with E-state index >= 15 is 4.39 Å². The molecule has 1 aromatic heterocycles. The summed E-state index contributed by atoms with van der Waals surface area (Å²) in [5, 5.41) is 3.41. The summed E-state index contributed by atoms with van der Waals surface area (Å²) in [5.74, 6) is -1.02. The maximum atomic E-state index is 15.2. The van der Waals surface area contributed by atoms with Crippen molar-refractivity contribution < 1.29 is 14.0 Å². The van der Waals surface area contributed by atoms with Crippen molar-refractivity contribution in [2.45, 2.75) is 38.1 Å². The summed E-state index contributed by atoms with van der Waals surface area (Å²) in [6.07, 6.45) is 7.87. The van der Waals surface area contributed by atoms with Crippen molar-refractivity contribution in [2.75, 3.05) is 31.1 Å². The molecule has 3 aliphatic rings. The van der Waals surface area contributed by atoms with E-state index < -0.39 is 5.82 Å². The summed E-state index contributed by atoms with van der Waals surface area (Å²) in [5.41, 5.74) is 3.40. The first-order valence-corrected chi connectivity index (χ1v) is 13.6. The van der Waals surface area contributed by atoms with E-state index in [1.807, 2.05) is 29.4 Å². The minimum atomic E-state index is -0.486. The minimum Gasteiger partial charge on any atom is -0.371 e. The van der Waals surface area contributed by atoms with Crippen LogP contribution in [0, 0.1) is 11.2 Å². The molecule has 0 unspecified atom stereocenters. The Bertz CT molecular complexity index is 1370. The van der Waals surface area contributed by atoms with Crippen molar-refractivity contribution in [1.82, 2.24) is 15.2 Å². The van der Waals surface area contributed by atoms with E-state index in [0.29, 0.717) is 36.5 Å². The highest BCUT2D eigenvalue weighted by molar-refractivity contribution is 6.33. The number of hydrogen-bond acceptors (Lipinski definition) is 4. The molecule has 2 aromatic carbocycles. The van der Waals surface area contributed by atoms with Gasteiger partial charge in [-0.05, 0) is 85.0 Å². The van der Waals surface area contributed by atoms with Crippen LogP contribution in [0.15, 0.2) is 60.9 Å². The summed E-state index contributed by atoms with van der Waals surface area (Å²) in [4.78, 5) is 34.7. The number of anilines is 1. The number of piperidine rings is 1. The SMILES string of the molecule is O=C(N[C@@H]1CCc2cc(F)c(C(=O)N3CCC4(CCN(c5ccncc5)CC4)C3)cc21)c1ccccc1Cl. The molecule has 2 aliphatic heterocycles. The fourth-order valence-electron chi connectivity index (χ4n) is 6.30. The fourth-order valence-corrected chi connectivity index (χ4v) is 6.53. The molecular weight excluding hydrogens is 503 g/mol. The third-order valence-electron chi connectivity index (χ3n) is 8.54. The van der Waals surface area contributed by atoms with Gasteiger partial charge in [0.25, 0.3) is 11.8 Å². The molecule has 1 aliphatic carbocycles. The lowest BCUT2D eigenvalue weighted by Gasteiger charge is -2.40. The number of benzene rings is 2. The highest BCUT2D eigenvalue weighted by Gasteiger charge is 2.43. The van der Waals surface area contributed by atoms with Crippen molar-refractivity contribution in [3.8, 4) is 0 Å². The lowest BCUT2D eigenvalue weighted by molar-refractivity contribution is 0.0759. The molecule has 1 N–H and O–H groups in total. The second-order valence-corrected chi connectivity index (χ2v) is 11.2. The fraction of sp³-hybridized carbons (Fsp3) is 0.367. The van der Waals surface area contributed by atoms with Gasteiger partial charge in [0.2, 0.25) is 0 Å². The van der Waals surface area contributed by atoms with Gasteiger partial charge in [-0.15, -0.1) is 0 Å². The van der Waals surface area contributed by atoms with Gasteiger partial charge in [-0.2, -0.15) is 0 Å². The maximum Gasteiger partial charge on any atom is 0.256 e. The number of hydrogen-bond donors (Lipinski definition) is 1. The van der Waals surface area contributed by atoms with E-state index in [1.54, 1.807) is 30.3 Å². The third kappa shape index (κ3) is 4.64. The van der Waals surface area contributed by atoms with Crippen LogP contribution >= 0.6 is 11.6 Å². The standard InChI is InChI=1S/C30H30ClFN4O2/c31-25-4-2-1-3-22(25)28(37)34-27-6-5-20-17-26(32)24(18-23(20)27)29(38)36-16-11-30(19-36)9-14-35(15-10-30)21-7-12-33-13-8-21/h1-4,7-8,12-13,17-18,27H,5-6,9-11,14-16,19H2,(H,34,37)/t27-/m1/s1. The van der Waals surface area contributed by atoms with Crippen molar-refractivity contribution in [2.24, 2.45) is 5.41 Å². The molecule has 38 heavy (non-hydrogen) atoms. The highest BCUT2D eigenvalue weighted by Crippen LogP contribution is 2.42. The Kier molecular flexibility index (Phi) is 6.56. The Morgan fingerprint density at radius 2 is 1.74 bits per heavy atom. The number of amides is 2. The van der Waals surface area contributed by atoms with E-state index in [4.69, 9.17) is 11.6 Å². The minimum absolute atomic E-state index is 0.0812. The second-order valence-electron chi connectivity index (χ2n) is 10.7. The Balaban J connectivity index is 1.15. The van der Waals surface area contributed by atoms with Gasteiger partial charge in [-0.3, -0.25) is 14.6 Å². The molecule has 0 bridgehead atoms. The van der Waals surface area contributed by atoms with Crippen molar-refractivity contribution in [1.29, 1.82) is 0 Å². The largest absolute Gasteiger partial charge is 0.371 e. The number of nitrogens with one attached hydrogen (secondary N) is 1. The van der Waals surface area contributed by atoms with Gasteiger partial charge in [-0.1, -0.05) is 23.7 Å². The molecule has 0 radical (unpaired) electrons. The monoisotopic (exact) mass is 532 g/mol. The molecule has 3 heterocycles. The van der Waals surface area contributed by atoms with Crippen molar-refractivity contribution in [3.63, 3.8) is 0 Å². The highest BCUT2D eigenvalue weighted by atomic mass is 35.5. The molecule has 2 amide bonds. The zero-order valence-electron chi connectivity index (χ0n) is 21.1. The first-order valence-electron chi connectivity index (χ1n) is 13.2. The molecule has 2 saturated heterocycles. The van der Waals surface area contributed by atoms with E-state index in [-0.39, 0.29) is 28.8 Å². The number of aromatic nitrogens is 1. The van der Waals surface area contributed by atoms with Crippen LogP contribution in [0.1, 0.15) is 63.6 Å². The van der Waals surface area contributed by atoms with Gasteiger partial charge in [0, 0.05) is 44.3 Å². The first kappa shape index (κ1) is 24.9. The van der Waals surface area contributed by atoms with Gasteiger partial charge in [0.05, 0.1) is 22.2 Å². The Morgan fingerprint density at radius 1 is 1.00 bits per heavy atom. The second kappa shape index (κ2) is 10.0. The topological polar surface area (TPSA) is 65.5 Å². The van der Waals surface area contributed by atoms with Crippen molar-refractivity contribution >= 4 is 29.1 Å². The van der Waals surface area contributed by atoms with Crippen LogP contribution in [0.4, 0.5) is 10.1 Å². The van der Waals surface area contributed by atoms with Gasteiger partial charge < -0.3 is 15.1 Å². The first-order chi connectivity index (χ1) is 18.4. The molecule has 0 saturated carbocycles. The molecular formula is C30H30ClFN4O2. The van der Waals surface area contributed by atoms with Gasteiger partial charge in [0.15, 0.2) is 0 Å². The van der Waals surface area contributed by atoms with E-state index in [0.717, 1.165) is 43.5 Å². The summed E-state index contributed by atoms with van der Waals surface area (Å²) >= 11 is 6.20. The number of carbonyl (C=O) groups excluding carboxylic acids is 2.